The number of hydrogen-bond donors (Lipinski definition) is 2. The highest BCUT2D eigenvalue weighted by atomic mass is 16.5. The summed E-state index contributed by atoms with van der Waals surface area (Å²) in [4.78, 5) is 26.2. The lowest BCUT2D eigenvalue weighted by atomic mass is 10.1. The zero-order valence-corrected chi connectivity index (χ0v) is 12.7. The normalized spacial score (nSPS) is 24.0. The number of para-hydroxylation sites is 1. The van der Waals surface area contributed by atoms with Crippen LogP contribution < -0.4 is 15.5 Å². The summed E-state index contributed by atoms with van der Waals surface area (Å²) in [5.41, 5.74) is 2.13. The standard InChI is InChI=1S/C16H21N3O3/c1-11-15(17-7-9-22-11)16(21)18-10-14(20)19-8-6-12-4-2-3-5-13(12)19/h2-5,11,15,17H,6-10H2,1H3,(H,18,21)/t11-,15+/m1/s1. The molecule has 0 bridgehead atoms. The van der Waals surface area contributed by atoms with Crippen molar-refractivity contribution < 1.29 is 14.3 Å². The molecular formula is C16H21N3O3. The van der Waals surface area contributed by atoms with Crippen molar-refractivity contribution in [3.63, 3.8) is 0 Å². The lowest BCUT2D eigenvalue weighted by Crippen LogP contribution is -2.56. The zero-order chi connectivity index (χ0) is 15.5. The van der Waals surface area contributed by atoms with E-state index in [0.29, 0.717) is 19.7 Å². The molecule has 0 spiro atoms. The summed E-state index contributed by atoms with van der Waals surface area (Å²) in [6.07, 6.45) is 0.682. The van der Waals surface area contributed by atoms with E-state index in [1.165, 1.54) is 5.56 Å². The second kappa shape index (κ2) is 6.46. The average Bonchev–Trinajstić information content (AvgIpc) is 2.97. The summed E-state index contributed by atoms with van der Waals surface area (Å²) in [6, 6.07) is 7.48. The van der Waals surface area contributed by atoms with Gasteiger partial charge in [-0.05, 0) is 25.0 Å². The van der Waals surface area contributed by atoms with Crippen molar-refractivity contribution in [1.82, 2.24) is 10.6 Å². The number of amides is 2. The van der Waals surface area contributed by atoms with Crippen LogP contribution in [0.2, 0.25) is 0 Å². The number of rotatable bonds is 3. The number of benzene rings is 1. The molecule has 0 unspecified atom stereocenters. The lowest BCUT2D eigenvalue weighted by Gasteiger charge is -2.29. The van der Waals surface area contributed by atoms with Crippen molar-refractivity contribution in [3.05, 3.63) is 29.8 Å². The average molecular weight is 303 g/mol. The maximum Gasteiger partial charge on any atom is 0.246 e. The molecule has 1 aromatic carbocycles. The fourth-order valence-corrected chi connectivity index (χ4v) is 2.99. The van der Waals surface area contributed by atoms with Crippen LogP contribution in [0.15, 0.2) is 24.3 Å². The number of ether oxygens (including phenoxy) is 1. The van der Waals surface area contributed by atoms with Crippen molar-refractivity contribution in [1.29, 1.82) is 0 Å². The maximum atomic E-state index is 12.3. The van der Waals surface area contributed by atoms with Crippen LogP contribution in [0.4, 0.5) is 5.69 Å². The van der Waals surface area contributed by atoms with Gasteiger partial charge in [0.05, 0.1) is 19.3 Å². The second-order valence-electron chi connectivity index (χ2n) is 5.65. The Morgan fingerprint density at radius 3 is 3.05 bits per heavy atom. The molecule has 22 heavy (non-hydrogen) atoms. The van der Waals surface area contributed by atoms with Crippen LogP contribution in [-0.2, 0) is 20.7 Å². The summed E-state index contributed by atoms with van der Waals surface area (Å²) in [5.74, 6) is -0.268. The topological polar surface area (TPSA) is 70.7 Å². The number of hydrogen-bond acceptors (Lipinski definition) is 4. The molecule has 1 saturated heterocycles. The summed E-state index contributed by atoms with van der Waals surface area (Å²) >= 11 is 0. The van der Waals surface area contributed by atoms with E-state index in [2.05, 4.69) is 10.6 Å². The number of carbonyl (C=O) groups is 2. The smallest absolute Gasteiger partial charge is 0.246 e. The van der Waals surface area contributed by atoms with Crippen molar-refractivity contribution in [2.24, 2.45) is 0 Å². The van der Waals surface area contributed by atoms with E-state index in [9.17, 15) is 9.59 Å². The minimum atomic E-state index is -0.396. The Bertz CT molecular complexity index is 576. The highest BCUT2D eigenvalue weighted by Crippen LogP contribution is 2.27. The molecule has 0 aromatic heterocycles. The molecule has 118 valence electrons. The summed E-state index contributed by atoms with van der Waals surface area (Å²) < 4.78 is 5.45. The van der Waals surface area contributed by atoms with Gasteiger partial charge < -0.3 is 20.3 Å². The van der Waals surface area contributed by atoms with E-state index in [4.69, 9.17) is 4.74 Å². The van der Waals surface area contributed by atoms with Gasteiger partial charge in [0, 0.05) is 18.8 Å². The van der Waals surface area contributed by atoms with Gasteiger partial charge in [0.15, 0.2) is 0 Å². The maximum absolute atomic E-state index is 12.3. The van der Waals surface area contributed by atoms with Crippen LogP contribution >= 0.6 is 0 Å². The van der Waals surface area contributed by atoms with Crippen LogP contribution in [0.3, 0.4) is 0 Å². The first-order valence-electron chi connectivity index (χ1n) is 7.68. The molecule has 0 radical (unpaired) electrons. The number of nitrogens with zero attached hydrogens (tertiary/aromatic N) is 1. The van der Waals surface area contributed by atoms with E-state index in [1.807, 2.05) is 31.2 Å². The van der Waals surface area contributed by atoms with E-state index in [1.54, 1.807) is 4.90 Å². The Morgan fingerprint density at radius 1 is 1.41 bits per heavy atom. The minimum absolute atomic E-state index is 0.0120. The van der Waals surface area contributed by atoms with Gasteiger partial charge in [-0.25, -0.2) is 0 Å². The zero-order valence-electron chi connectivity index (χ0n) is 12.7. The molecule has 2 N–H and O–H groups in total. The Balaban J connectivity index is 1.56. The molecule has 1 aromatic rings. The van der Waals surface area contributed by atoms with E-state index in [-0.39, 0.29) is 24.5 Å². The summed E-state index contributed by atoms with van der Waals surface area (Å²) in [5, 5.41) is 5.83. The van der Waals surface area contributed by atoms with Gasteiger partial charge in [0.2, 0.25) is 11.8 Å². The predicted molar refractivity (Wildman–Crippen MR) is 82.7 cm³/mol. The second-order valence-corrected chi connectivity index (χ2v) is 5.65. The molecule has 0 aliphatic carbocycles. The van der Waals surface area contributed by atoms with Crippen LogP contribution in [0.1, 0.15) is 12.5 Å². The molecular weight excluding hydrogens is 282 g/mol. The van der Waals surface area contributed by atoms with E-state index < -0.39 is 6.04 Å². The van der Waals surface area contributed by atoms with Crippen molar-refractivity contribution in [3.8, 4) is 0 Å². The molecule has 0 saturated carbocycles. The largest absolute Gasteiger partial charge is 0.375 e. The van der Waals surface area contributed by atoms with Crippen molar-refractivity contribution >= 4 is 17.5 Å². The summed E-state index contributed by atoms with van der Waals surface area (Å²) in [7, 11) is 0. The molecule has 2 atom stereocenters. The Morgan fingerprint density at radius 2 is 2.23 bits per heavy atom. The molecule has 3 rings (SSSR count). The monoisotopic (exact) mass is 303 g/mol. The van der Waals surface area contributed by atoms with E-state index in [0.717, 1.165) is 12.1 Å². The minimum Gasteiger partial charge on any atom is -0.375 e. The number of fused-ring (bicyclic) bond motifs is 1. The molecule has 2 heterocycles. The highest BCUT2D eigenvalue weighted by molar-refractivity contribution is 5.98. The number of anilines is 1. The first-order chi connectivity index (χ1) is 10.7. The van der Waals surface area contributed by atoms with E-state index >= 15 is 0 Å². The van der Waals surface area contributed by atoms with Crippen molar-refractivity contribution in [2.45, 2.75) is 25.5 Å². The van der Waals surface area contributed by atoms with Crippen LogP contribution in [0.25, 0.3) is 0 Å². The van der Waals surface area contributed by atoms with Gasteiger partial charge in [-0.3, -0.25) is 9.59 Å². The van der Waals surface area contributed by atoms with Crippen LogP contribution in [0, 0.1) is 0 Å². The van der Waals surface area contributed by atoms with Crippen LogP contribution in [-0.4, -0.2) is 50.2 Å². The SMILES string of the molecule is C[C@H]1OCCN[C@@H]1C(=O)NCC(=O)N1CCc2ccccc21. The van der Waals surface area contributed by atoms with Gasteiger partial charge in [0.25, 0.3) is 0 Å². The fraction of sp³-hybridized carbons (Fsp3) is 0.500. The third kappa shape index (κ3) is 2.98. The Kier molecular flexibility index (Phi) is 4.40. The van der Waals surface area contributed by atoms with Gasteiger partial charge in [0.1, 0.15) is 6.04 Å². The Labute approximate surface area is 129 Å². The molecule has 6 heteroatoms. The third-order valence-electron chi connectivity index (χ3n) is 4.20. The predicted octanol–water partition coefficient (Wildman–Crippen LogP) is 0.0688. The van der Waals surface area contributed by atoms with Gasteiger partial charge in [-0.1, -0.05) is 18.2 Å². The number of carbonyl (C=O) groups excluding carboxylic acids is 2. The lowest BCUT2D eigenvalue weighted by molar-refractivity contribution is -0.131. The first kappa shape index (κ1) is 15.0. The number of morpholine rings is 1. The van der Waals surface area contributed by atoms with Crippen molar-refractivity contribution in [2.75, 3.05) is 31.1 Å². The third-order valence-corrected chi connectivity index (χ3v) is 4.20. The molecule has 2 aliphatic rings. The fourth-order valence-electron chi connectivity index (χ4n) is 2.99. The van der Waals surface area contributed by atoms with Gasteiger partial charge >= 0.3 is 0 Å². The number of nitrogens with one attached hydrogen (secondary N) is 2. The van der Waals surface area contributed by atoms with Crippen LogP contribution in [0.5, 0.6) is 0 Å². The molecule has 2 aliphatic heterocycles. The summed E-state index contributed by atoms with van der Waals surface area (Å²) in [6.45, 7) is 3.80. The molecule has 6 nitrogen and oxygen atoms in total. The quantitative estimate of drug-likeness (QED) is 0.829. The van der Waals surface area contributed by atoms with Gasteiger partial charge in [-0.2, -0.15) is 0 Å². The first-order valence-corrected chi connectivity index (χ1v) is 7.68. The highest BCUT2D eigenvalue weighted by Gasteiger charge is 2.29. The molecule has 2 amide bonds. The molecule has 1 fully saturated rings. The Hall–Kier alpha value is -1.92. The van der Waals surface area contributed by atoms with Gasteiger partial charge in [-0.15, -0.1) is 0 Å².